The maximum atomic E-state index is 11.3. The van der Waals surface area contributed by atoms with Gasteiger partial charge in [-0.2, -0.15) is 0 Å². The molecular formula is C10H14O2. The number of ether oxygens (including phenoxy) is 1. The van der Waals surface area contributed by atoms with Crippen molar-refractivity contribution >= 4 is 5.78 Å². The predicted octanol–water partition coefficient (Wildman–Crippen LogP) is 1.54. The molecule has 1 atom stereocenters. The Bertz CT molecular complexity index is 204. The van der Waals surface area contributed by atoms with E-state index in [0.29, 0.717) is 6.42 Å². The van der Waals surface area contributed by atoms with E-state index in [1.54, 1.807) is 6.92 Å². The first-order valence-corrected chi connectivity index (χ1v) is 4.38. The van der Waals surface area contributed by atoms with Gasteiger partial charge in [0.2, 0.25) is 0 Å². The van der Waals surface area contributed by atoms with E-state index in [0.717, 1.165) is 25.9 Å². The first kappa shape index (κ1) is 9.28. The maximum Gasteiger partial charge on any atom is 0.173 e. The quantitative estimate of drug-likeness (QED) is 0.582. The lowest BCUT2D eigenvalue weighted by atomic mass is 10.0. The fourth-order valence-corrected chi connectivity index (χ4v) is 1.28. The Balaban J connectivity index is 2.33. The van der Waals surface area contributed by atoms with Crippen molar-refractivity contribution in [3.8, 4) is 11.8 Å². The Hall–Kier alpha value is -0.810. The summed E-state index contributed by atoms with van der Waals surface area (Å²) in [7, 11) is 0. The minimum atomic E-state index is -0.167. The first-order valence-electron chi connectivity index (χ1n) is 4.38. The molecule has 1 fully saturated rings. The van der Waals surface area contributed by atoms with Gasteiger partial charge in [0.15, 0.2) is 5.78 Å². The normalized spacial score (nSPS) is 22.6. The highest BCUT2D eigenvalue weighted by molar-refractivity contribution is 5.85. The molecule has 0 bridgehead atoms. The summed E-state index contributed by atoms with van der Waals surface area (Å²) in [6.07, 6.45) is 3.25. The molecule has 1 aliphatic rings. The van der Waals surface area contributed by atoms with Gasteiger partial charge in [0.05, 0.1) is 6.42 Å². The molecule has 0 aliphatic carbocycles. The second kappa shape index (κ2) is 4.95. The van der Waals surface area contributed by atoms with Crippen molar-refractivity contribution in [1.29, 1.82) is 0 Å². The fourth-order valence-electron chi connectivity index (χ4n) is 1.28. The minimum absolute atomic E-state index is 0.143. The van der Waals surface area contributed by atoms with E-state index in [4.69, 9.17) is 4.74 Å². The molecule has 0 spiro atoms. The highest BCUT2D eigenvalue weighted by atomic mass is 16.5. The molecular weight excluding hydrogens is 152 g/mol. The van der Waals surface area contributed by atoms with Crippen LogP contribution in [0.4, 0.5) is 0 Å². The van der Waals surface area contributed by atoms with Gasteiger partial charge in [-0.25, -0.2) is 0 Å². The van der Waals surface area contributed by atoms with E-state index in [1.807, 2.05) is 0 Å². The Morgan fingerprint density at radius 1 is 1.58 bits per heavy atom. The number of carbonyl (C=O) groups is 1. The number of Topliss-reactive ketones (excluding diaryl/α,β-unsaturated/α-hetero) is 1. The molecule has 0 aromatic rings. The van der Waals surface area contributed by atoms with Crippen molar-refractivity contribution in [2.24, 2.45) is 0 Å². The molecule has 0 aromatic heterocycles. The number of ketones is 1. The molecule has 0 amide bonds. The molecule has 1 unspecified atom stereocenters. The van der Waals surface area contributed by atoms with Crippen LogP contribution >= 0.6 is 0 Å². The van der Waals surface area contributed by atoms with Crippen LogP contribution in [0.2, 0.25) is 0 Å². The zero-order valence-corrected chi connectivity index (χ0v) is 7.43. The third-order valence-electron chi connectivity index (χ3n) is 1.98. The summed E-state index contributed by atoms with van der Waals surface area (Å²) in [5.74, 6) is 5.62. The second-order valence-electron chi connectivity index (χ2n) is 2.93. The molecule has 12 heavy (non-hydrogen) atoms. The third-order valence-corrected chi connectivity index (χ3v) is 1.98. The zero-order valence-electron chi connectivity index (χ0n) is 7.43. The van der Waals surface area contributed by atoms with Crippen LogP contribution in [0.1, 0.15) is 32.6 Å². The summed E-state index contributed by atoms with van der Waals surface area (Å²) in [6.45, 7) is 2.48. The lowest BCUT2D eigenvalue weighted by Gasteiger charge is -2.20. The average Bonchev–Trinajstić information content (AvgIpc) is 2.15. The first-order chi connectivity index (χ1) is 5.84. The van der Waals surface area contributed by atoms with Crippen molar-refractivity contribution < 1.29 is 9.53 Å². The van der Waals surface area contributed by atoms with E-state index >= 15 is 0 Å². The van der Waals surface area contributed by atoms with E-state index < -0.39 is 0 Å². The third kappa shape index (κ3) is 2.67. The van der Waals surface area contributed by atoms with Gasteiger partial charge in [-0.05, 0) is 26.2 Å². The standard InChI is InChI=1S/C10H14O2/c1-2-3-6-9(11)10-7-4-5-8-12-10/h10H,4-8H2,1H3. The van der Waals surface area contributed by atoms with Crippen molar-refractivity contribution in [3.05, 3.63) is 0 Å². The van der Waals surface area contributed by atoms with Gasteiger partial charge >= 0.3 is 0 Å². The Labute approximate surface area is 73.3 Å². The molecule has 1 aliphatic heterocycles. The van der Waals surface area contributed by atoms with E-state index in [9.17, 15) is 4.79 Å². The van der Waals surface area contributed by atoms with Crippen LogP contribution in [0.3, 0.4) is 0 Å². The minimum Gasteiger partial charge on any atom is -0.370 e. The summed E-state index contributed by atoms with van der Waals surface area (Å²) >= 11 is 0. The SMILES string of the molecule is CC#CCC(=O)C1CCCCO1. The highest BCUT2D eigenvalue weighted by Gasteiger charge is 2.20. The molecule has 0 N–H and O–H groups in total. The van der Waals surface area contributed by atoms with Crippen LogP contribution in [0.25, 0.3) is 0 Å². The summed E-state index contributed by atoms with van der Waals surface area (Å²) in [5, 5.41) is 0. The Morgan fingerprint density at radius 3 is 3.00 bits per heavy atom. The maximum absolute atomic E-state index is 11.3. The summed E-state index contributed by atoms with van der Waals surface area (Å²) in [5.41, 5.74) is 0. The lowest BCUT2D eigenvalue weighted by Crippen LogP contribution is -2.27. The van der Waals surface area contributed by atoms with Crippen LogP contribution in [-0.4, -0.2) is 18.5 Å². The zero-order chi connectivity index (χ0) is 8.81. The number of hydrogen-bond donors (Lipinski definition) is 0. The van der Waals surface area contributed by atoms with Gasteiger partial charge in [0, 0.05) is 6.61 Å². The van der Waals surface area contributed by atoms with Gasteiger partial charge in [-0.3, -0.25) is 4.79 Å². The van der Waals surface area contributed by atoms with Gasteiger partial charge < -0.3 is 4.74 Å². The Morgan fingerprint density at radius 2 is 2.42 bits per heavy atom. The highest BCUT2D eigenvalue weighted by Crippen LogP contribution is 2.14. The number of hydrogen-bond acceptors (Lipinski definition) is 2. The van der Waals surface area contributed by atoms with Crippen molar-refractivity contribution in [2.45, 2.75) is 38.7 Å². The molecule has 66 valence electrons. The van der Waals surface area contributed by atoms with Crippen LogP contribution in [-0.2, 0) is 9.53 Å². The molecule has 2 nitrogen and oxygen atoms in total. The predicted molar refractivity (Wildman–Crippen MR) is 46.7 cm³/mol. The molecule has 0 aromatic carbocycles. The van der Waals surface area contributed by atoms with Gasteiger partial charge in [0.25, 0.3) is 0 Å². The smallest absolute Gasteiger partial charge is 0.173 e. The van der Waals surface area contributed by atoms with Crippen LogP contribution < -0.4 is 0 Å². The van der Waals surface area contributed by atoms with Gasteiger partial charge in [-0.1, -0.05) is 5.92 Å². The van der Waals surface area contributed by atoms with Gasteiger partial charge in [-0.15, -0.1) is 5.92 Å². The van der Waals surface area contributed by atoms with Crippen molar-refractivity contribution in [1.82, 2.24) is 0 Å². The van der Waals surface area contributed by atoms with Crippen LogP contribution in [0, 0.1) is 11.8 Å². The van der Waals surface area contributed by atoms with Crippen molar-refractivity contribution in [3.63, 3.8) is 0 Å². The largest absolute Gasteiger partial charge is 0.370 e. The number of carbonyl (C=O) groups excluding carboxylic acids is 1. The van der Waals surface area contributed by atoms with Gasteiger partial charge in [0.1, 0.15) is 6.10 Å². The monoisotopic (exact) mass is 166 g/mol. The topological polar surface area (TPSA) is 26.3 Å². The molecule has 2 heteroatoms. The Kier molecular flexibility index (Phi) is 3.83. The molecule has 1 rings (SSSR count). The van der Waals surface area contributed by atoms with Crippen LogP contribution in [0.15, 0.2) is 0 Å². The molecule has 1 heterocycles. The summed E-state index contributed by atoms with van der Waals surface area (Å²) < 4.78 is 5.32. The molecule has 0 saturated carbocycles. The molecule has 1 saturated heterocycles. The van der Waals surface area contributed by atoms with Crippen LogP contribution in [0.5, 0.6) is 0 Å². The summed E-state index contributed by atoms with van der Waals surface area (Å²) in [6, 6.07) is 0. The molecule has 0 radical (unpaired) electrons. The second-order valence-corrected chi connectivity index (χ2v) is 2.93. The average molecular weight is 166 g/mol. The lowest BCUT2D eigenvalue weighted by molar-refractivity contribution is -0.132. The van der Waals surface area contributed by atoms with Crippen molar-refractivity contribution in [2.75, 3.05) is 6.61 Å². The summed E-state index contributed by atoms with van der Waals surface area (Å²) in [4.78, 5) is 11.3. The van der Waals surface area contributed by atoms with E-state index in [1.165, 1.54) is 0 Å². The van der Waals surface area contributed by atoms with E-state index in [-0.39, 0.29) is 11.9 Å². The number of rotatable bonds is 2. The van der Waals surface area contributed by atoms with E-state index in [2.05, 4.69) is 11.8 Å². The fraction of sp³-hybridized carbons (Fsp3) is 0.700.